The van der Waals surface area contributed by atoms with Gasteiger partial charge in [-0.25, -0.2) is 0 Å². The van der Waals surface area contributed by atoms with Gasteiger partial charge in [0.05, 0.1) is 0 Å². The Morgan fingerprint density at radius 3 is 1.20 bits per heavy atom. The van der Waals surface area contributed by atoms with E-state index in [-0.39, 0.29) is 5.48 Å². The SMILES string of the molecule is C(=C\c1ccccc1)/c1ccccc1.O. The van der Waals surface area contributed by atoms with Crippen LogP contribution >= 0.6 is 0 Å². The first-order chi connectivity index (χ1) is 6.95. The predicted octanol–water partition coefficient (Wildman–Crippen LogP) is 3.03. The van der Waals surface area contributed by atoms with Crippen molar-refractivity contribution in [2.75, 3.05) is 0 Å². The zero-order chi connectivity index (χ0) is 9.64. The minimum Gasteiger partial charge on any atom is -0.412 e. The summed E-state index contributed by atoms with van der Waals surface area (Å²) in [7, 11) is 0. The maximum absolute atomic E-state index is 2.12. The normalized spacial score (nSPS) is 9.87. The van der Waals surface area contributed by atoms with Gasteiger partial charge in [0, 0.05) is 0 Å². The number of benzene rings is 2. The van der Waals surface area contributed by atoms with E-state index in [9.17, 15) is 0 Å². The Kier molecular flexibility index (Phi) is 4.32. The van der Waals surface area contributed by atoms with Crippen LogP contribution in [0.2, 0.25) is 0 Å². The Morgan fingerprint density at radius 1 is 0.533 bits per heavy atom. The standard InChI is InChI=1S/C14H12.H2O/c1-3-7-13(8-4-1)11-12-14-9-5-2-6-10-14;/h1-12H;1H2/b12-11+;. The Morgan fingerprint density at radius 2 is 0.867 bits per heavy atom. The molecule has 2 aromatic rings. The summed E-state index contributed by atoms with van der Waals surface area (Å²) < 4.78 is 0. The van der Waals surface area contributed by atoms with E-state index in [1.807, 2.05) is 36.4 Å². The molecule has 76 valence electrons. The third kappa shape index (κ3) is 3.41. The van der Waals surface area contributed by atoms with Crippen molar-refractivity contribution in [3.63, 3.8) is 0 Å². The molecule has 0 spiro atoms. The van der Waals surface area contributed by atoms with E-state index < -0.39 is 0 Å². The summed E-state index contributed by atoms with van der Waals surface area (Å²) in [6.45, 7) is 0. The molecule has 0 saturated carbocycles. The van der Waals surface area contributed by atoms with Gasteiger partial charge in [-0.05, 0) is 11.1 Å². The van der Waals surface area contributed by atoms with Gasteiger partial charge in [-0.15, -0.1) is 0 Å². The summed E-state index contributed by atoms with van der Waals surface area (Å²) in [6, 6.07) is 20.6. The molecule has 0 radical (unpaired) electrons. The number of rotatable bonds is 2. The van der Waals surface area contributed by atoms with E-state index in [0.717, 1.165) is 0 Å². The monoisotopic (exact) mass is 198 g/mol. The van der Waals surface area contributed by atoms with Gasteiger partial charge in [-0.1, -0.05) is 72.8 Å². The molecule has 1 nitrogen and oxygen atoms in total. The Balaban J connectivity index is 0.00000112. The fourth-order valence-electron chi connectivity index (χ4n) is 1.32. The third-order valence-electron chi connectivity index (χ3n) is 2.07. The van der Waals surface area contributed by atoms with Crippen LogP contribution < -0.4 is 0 Å². The summed E-state index contributed by atoms with van der Waals surface area (Å²) in [5.41, 5.74) is 2.47. The molecule has 2 rings (SSSR count). The molecule has 2 N–H and O–H groups in total. The molecule has 0 fully saturated rings. The van der Waals surface area contributed by atoms with Crippen molar-refractivity contribution in [1.82, 2.24) is 0 Å². The average Bonchev–Trinajstić information content (AvgIpc) is 2.29. The summed E-state index contributed by atoms with van der Waals surface area (Å²) >= 11 is 0. The lowest BCUT2D eigenvalue weighted by molar-refractivity contribution is 0.824. The Labute approximate surface area is 90.0 Å². The van der Waals surface area contributed by atoms with Gasteiger partial charge in [0.15, 0.2) is 0 Å². The Hall–Kier alpha value is -1.86. The van der Waals surface area contributed by atoms with Crippen LogP contribution in [0.5, 0.6) is 0 Å². The molecule has 0 heterocycles. The molecule has 0 aromatic heterocycles. The lowest BCUT2D eigenvalue weighted by Crippen LogP contribution is -1.70. The zero-order valence-corrected chi connectivity index (χ0v) is 8.43. The van der Waals surface area contributed by atoms with Crippen LogP contribution in [0.25, 0.3) is 12.2 Å². The third-order valence-corrected chi connectivity index (χ3v) is 2.07. The molecular formula is C14H14O. The van der Waals surface area contributed by atoms with E-state index in [1.165, 1.54) is 11.1 Å². The van der Waals surface area contributed by atoms with E-state index in [2.05, 4.69) is 36.4 Å². The maximum Gasteiger partial charge on any atom is -0.0256 e. The zero-order valence-electron chi connectivity index (χ0n) is 8.43. The quantitative estimate of drug-likeness (QED) is 0.664. The molecule has 2 aromatic carbocycles. The van der Waals surface area contributed by atoms with Gasteiger partial charge in [0.2, 0.25) is 0 Å². The topological polar surface area (TPSA) is 31.5 Å². The fourth-order valence-corrected chi connectivity index (χ4v) is 1.32. The minimum atomic E-state index is 0. The van der Waals surface area contributed by atoms with E-state index in [4.69, 9.17) is 0 Å². The van der Waals surface area contributed by atoms with Crippen molar-refractivity contribution < 1.29 is 5.48 Å². The van der Waals surface area contributed by atoms with E-state index in [1.54, 1.807) is 0 Å². The predicted molar refractivity (Wildman–Crippen MR) is 65.4 cm³/mol. The molecule has 0 aliphatic rings. The van der Waals surface area contributed by atoms with Gasteiger partial charge in [-0.2, -0.15) is 0 Å². The smallest absolute Gasteiger partial charge is 0.0256 e. The van der Waals surface area contributed by atoms with Crippen molar-refractivity contribution in [2.45, 2.75) is 0 Å². The van der Waals surface area contributed by atoms with Crippen molar-refractivity contribution in [3.05, 3.63) is 71.8 Å². The van der Waals surface area contributed by atoms with E-state index >= 15 is 0 Å². The molecule has 15 heavy (non-hydrogen) atoms. The highest BCUT2D eigenvalue weighted by molar-refractivity contribution is 5.69. The second-order valence-electron chi connectivity index (χ2n) is 3.15. The van der Waals surface area contributed by atoms with Crippen LogP contribution in [0.3, 0.4) is 0 Å². The number of hydrogen-bond donors (Lipinski definition) is 0. The van der Waals surface area contributed by atoms with Crippen LogP contribution in [-0.2, 0) is 0 Å². The summed E-state index contributed by atoms with van der Waals surface area (Å²) in [5.74, 6) is 0. The van der Waals surface area contributed by atoms with Crippen molar-refractivity contribution in [1.29, 1.82) is 0 Å². The first-order valence-corrected chi connectivity index (χ1v) is 4.73. The minimum absolute atomic E-state index is 0. The lowest BCUT2D eigenvalue weighted by atomic mass is 10.1. The highest BCUT2D eigenvalue weighted by Gasteiger charge is 1.84. The van der Waals surface area contributed by atoms with Crippen LogP contribution in [-0.4, -0.2) is 5.48 Å². The highest BCUT2D eigenvalue weighted by Crippen LogP contribution is 2.06. The second kappa shape index (κ2) is 5.78. The molecule has 0 bridgehead atoms. The molecule has 0 aliphatic carbocycles. The largest absolute Gasteiger partial charge is 0.412 e. The average molecular weight is 198 g/mol. The maximum atomic E-state index is 2.12. The molecular weight excluding hydrogens is 184 g/mol. The van der Waals surface area contributed by atoms with Gasteiger partial charge < -0.3 is 5.48 Å². The van der Waals surface area contributed by atoms with E-state index in [0.29, 0.717) is 0 Å². The summed E-state index contributed by atoms with van der Waals surface area (Å²) in [5, 5.41) is 0. The van der Waals surface area contributed by atoms with Crippen LogP contribution in [0.1, 0.15) is 11.1 Å². The van der Waals surface area contributed by atoms with Crippen LogP contribution in [0, 0.1) is 0 Å². The van der Waals surface area contributed by atoms with Crippen molar-refractivity contribution in [3.8, 4) is 0 Å². The highest BCUT2D eigenvalue weighted by atomic mass is 16.0. The van der Waals surface area contributed by atoms with Gasteiger partial charge in [-0.3, -0.25) is 0 Å². The van der Waals surface area contributed by atoms with Crippen molar-refractivity contribution >= 4 is 12.2 Å². The van der Waals surface area contributed by atoms with Crippen LogP contribution in [0.4, 0.5) is 0 Å². The molecule has 1 heteroatoms. The van der Waals surface area contributed by atoms with Gasteiger partial charge in [0.1, 0.15) is 0 Å². The van der Waals surface area contributed by atoms with Gasteiger partial charge >= 0.3 is 0 Å². The molecule has 0 unspecified atom stereocenters. The molecule has 0 amide bonds. The molecule has 0 aliphatic heterocycles. The second-order valence-corrected chi connectivity index (χ2v) is 3.15. The lowest BCUT2D eigenvalue weighted by Gasteiger charge is -1.92. The number of hydrogen-bond acceptors (Lipinski definition) is 0. The summed E-state index contributed by atoms with van der Waals surface area (Å²) in [4.78, 5) is 0. The summed E-state index contributed by atoms with van der Waals surface area (Å²) in [6.07, 6.45) is 4.24. The van der Waals surface area contributed by atoms with Crippen LogP contribution in [0.15, 0.2) is 60.7 Å². The molecule has 0 atom stereocenters. The van der Waals surface area contributed by atoms with Gasteiger partial charge in [0.25, 0.3) is 0 Å². The van der Waals surface area contributed by atoms with Crippen molar-refractivity contribution in [2.24, 2.45) is 0 Å². The molecule has 0 saturated heterocycles. The first-order valence-electron chi connectivity index (χ1n) is 4.73. The fraction of sp³-hybridized carbons (Fsp3) is 0. The first kappa shape index (κ1) is 11.2. The Bertz CT molecular complexity index is 362.